The molecule has 0 saturated carbocycles. The summed E-state index contributed by atoms with van der Waals surface area (Å²) in [4.78, 5) is 25.5. The minimum atomic E-state index is -0.518. The number of rotatable bonds is 7. The number of benzene rings is 2. The van der Waals surface area contributed by atoms with Crippen LogP contribution in [0.4, 0.5) is 15.8 Å². The fourth-order valence-electron chi connectivity index (χ4n) is 4.20. The van der Waals surface area contributed by atoms with Gasteiger partial charge in [0.25, 0.3) is 5.69 Å². The number of halogens is 1. The molecule has 3 rings (SSSR count). The van der Waals surface area contributed by atoms with E-state index in [1.165, 1.54) is 18.2 Å². The number of piperidine rings is 1. The summed E-state index contributed by atoms with van der Waals surface area (Å²) in [7, 11) is 0. The molecule has 0 bridgehead atoms. The van der Waals surface area contributed by atoms with Gasteiger partial charge in [0.1, 0.15) is 28.6 Å². The fourth-order valence-corrected chi connectivity index (χ4v) is 4.20. The van der Waals surface area contributed by atoms with Crippen molar-refractivity contribution < 1.29 is 23.6 Å². The minimum absolute atomic E-state index is 0.00637. The SMILES string of the molecule is Cc1c(Oc2cccc(F)c2)ccc([N+](=O)[O-])c1N1CCC[C@@H](CCC(=O)OC(C)(C)C)C1. The zero-order chi connectivity index (χ0) is 24.2. The molecule has 0 amide bonds. The highest BCUT2D eigenvalue weighted by atomic mass is 19.1. The molecule has 1 heterocycles. The van der Waals surface area contributed by atoms with E-state index in [4.69, 9.17) is 9.47 Å². The average molecular weight is 459 g/mol. The summed E-state index contributed by atoms with van der Waals surface area (Å²) in [6.45, 7) is 8.58. The summed E-state index contributed by atoms with van der Waals surface area (Å²) >= 11 is 0. The van der Waals surface area contributed by atoms with E-state index >= 15 is 0 Å². The molecular weight excluding hydrogens is 427 g/mol. The number of anilines is 1. The van der Waals surface area contributed by atoms with Gasteiger partial charge in [-0.3, -0.25) is 14.9 Å². The number of hydrogen-bond acceptors (Lipinski definition) is 6. The molecule has 1 aliphatic heterocycles. The van der Waals surface area contributed by atoms with E-state index < -0.39 is 16.3 Å². The van der Waals surface area contributed by atoms with E-state index in [-0.39, 0.29) is 17.6 Å². The molecule has 1 saturated heterocycles. The second-order valence-electron chi connectivity index (χ2n) is 9.45. The highest BCUT2D eigenvalue weighted by Gasteiger charge is 2.29. The molecule has 2 aromatic carbocycles. The van der Waals surface area contributed by atoms with Crippen molar-refractivity contribution in [1.29, 1.82) is 0 Å². The molecule has 178 valence electrons. The number of nitrogens with zero attached hydrogens (tertiary/aromatic N) is 2. The van der Waals surface area contributed by atoms with Crippen LogP contribution in [0.3, 0.4) is 0 Å². The summed E-state index contributed by atoms with van der Waals surface area (Å²) < 4.78 is 24.8. The Morgan fingerprint density at radius 1 is 1.27 bits per heavy atom. The van der Waals surface area contributed by atoms with E-state index in [1.807, 2.05) is 25.7 Å². The first-order valence-electron chi connectivity index (χ1n) is 11.2. The lowest BCUT2D eigenvalue weighted by Crippen LogP contribution is -2.36. The van der Waals surface area contributed by atoms with Gasteiger partial charge < -0.3 is 14.4 Å². The summed E-state index contributed by atoms with van der Waals surface area (Å²) in [5.41, 5.74) is 0.624. The Morgan fingerprint density at radius 3 is 2.70 bits per heavy atom. The number of ether oxygens (including phenoxy) is 2. The molecule has 0 radical (unpaired) electrons. The molecular formula is C25H31FN2O5. The quantitative estimate of drug-likeness (QED) is 0.280. The molecule has 8 heteroatoms. The van der Waals surface area contributed by atoms with Gasteiger partial charge in [0.15, 0.2) is 0 Å². The van der Waals surface area contributed by atoms with Gasteiger partial charge in [-0.15, -0.1) is 0 Å². The Bertz CT molecular complexity index is 1020. The van der Waals surface area contributed by atoms with Gasteiger partial charge >= 0.3 is 5.97 Å². The van der Waals surface area contributed by atoms with Crippen molar-refractivity contribution in [3.05, 3.63) is 57.9 Å². The van der Waals surface area contributed by atoms with Crippen molar-refractivity contribution in [3.63, 3.8) is 0 Å². The Balaban J connectivity index is 1.79. The molecule has 1 aliphatic rings. The minimum Gasteiger partial charge on any atom is -0.460 e. The first-order chi connectivity index (χ1) is 15.5. The topological polar surface area (TPSA) is 81.9 Å². The lowest BCUT2D eigenvalue weighted by molar-refractivity contribution is -0.384. The van der Waals surface area contributed by atoms with Crippen LogP contribution in [0.5, 0.6) is 11.5 Å². The zero-order valence-electron chi connectivity index (χ0n) is 19.6. The van der Waals surface area contributed by atoms with Gasteiger partial charge in [-0.25, -0.2) is 4.39 Å². The monoisotopic (exact) mass is 458 g/mol. The molecule has 0 unspecified atom stereocenters. The number of carbonyl (C=O) groups excluding carboxylic acids is 1. The van der Waals surface area contributed by atoms with E-state index in [1.54, 1.807) is 25.1 Å². The van der Waals surface area contributed by atoms with Gasteiger partial charge in [0, 0.05) is 37.2 Å². The normalized spacial score (nSPS) is 16.4. The number of hydrogen-bond donors (Lipinski definition) is 0. The van der Waals surface area contributed by atoms with E-state index in [0.717, 1.165) is 12.8 Å². The van der Waals surface area contributed by atoms with Crippen molar-refractivity contribution in [3.8, 4) is 11.5 Å². The van der Waals surface area contributed by atoms with Crippen molar-refractivity contribution in [2.75, 3.05) is 18.0 Å². The lowest BCUT2D eigenvalue weighted by Gasteiger charge is -2.35. The molecule has 1 fully saturated rings. The van der Waals surface area contributed by atoms with Crippen molar-refractivity contribution >= 4 is 17.3 Å². The van der Waals surface area contributed by atoms with Crippen LogP contribution in [0.2, 0.25) is 0 Å². The summed E-state index contributed by atoms with van der Waals surface area (Å²) in [6.07, 6.45) is 2.80. The van der Waals surface area contributed by atoms with Crippen LogP contribution in [0, 0.1) is 28.8 Å². The Morgan fingerprint density at radius 2 is 2.03 bits per heavy atom. The molecule has 0 N–H and O–H groups in total. The van der Waals surface area contributed by atoms with Gasteiger partial charge in [-0.2, -0.15) is 0 Å². The van der Waals surface area contributed by atoms with Crippen LogP contribution < -0.4 is 9.64 Å². The van der Waals surface area contributed by atoms with Gasteiger partial charge in [0.05, 0.1) is 4.92 Å². The third-order valence-corrected chi connectivity index (χ3v) is 5.59. The van der Waals surface area contributed by atoms with Crippen LogP contribution in [-0.4, -0.2) is 29.6 Å². The summed E-state index contributed by atoms with van der Waals surface area (Å²) in [5, 5.41) is 11.8. The molecule has 0 spiro atoms. The molecule has 0 aliphatic carbocycles. The Hall–Kier alpha value is -3.16. The smallest absolute Gasteiger partial charge is 0.306 e. The number of nitro benzene ring substituents is 1. The maximum atomic E-state index is 13.6. The van der Waals surface area contributed by atoms with E-state index in [9.17, 15) is 19.3 Å². The van der Waals surface area contributed by atoms with E-state index in [2.05, 4.69) is 0 Å². The largest absolute Gasteiger partial charge is 0.460 e. The maximum absolute atomic E-state index is 13.6. The van der Waals surface area contributed by atoms with Crippen LogP contribution >= 0.6 is 0 Å². The van der Waals surface area contributed by atoms with Gasteiger partial charge in [0.2, 0.25) is 0 Å². The fraction of sp³-hybridized carbons (Fsp3) is 0.480. The highest BCUT2D eigenvalue weighted by Crippen LogP contribution is 2.41. The number of esters is 1. The first-order valence-corrected chi connectivity index (χ1v) is 11.2. The zero-order valence-corrected chi connectivity index (χ0v) is 19.6. The molecule has 1 atom stereocenters. The Labute approximate surface area is 193 Å². The third kappa shape index (κ3) is 6.66. The predicted molar refractivity (Wildman–Crippen MR) is 124 cm³/mol. The average Bonchev–Trinajstić information content (AvgIpc) is 2.72. The second-order valence-corrected chi connectivity index (χ2v) is 9.45. The lowest BCUT2D eigenvalue weighted by atomic mass is 9.92. The third-order valence-electron chi connectivity index (χ3n) is 5.59. The highest BCUT2D eigenvalue weighted by molar-refractivity contribution is 5.72. The van der Waals surface area contributed by atoms with Crippen LogP contribution in [-0.2, 0) is 9.53 Å². The summed E-state index contributed by atoms with van der Waals surface area (Å²) in [5.74, 6) is 0.338. The maximum Gasteiger partial charge on any atom is 0.306 e. The van der Waals surface area contributed by atoms with Crippen LogP contribution in [0.25, 0.3) is 0 Å². The van der Waals surface area contributed by atoms with E-state index in [0.29, 0.717) is 48.7 Å². The Kier molecular flexibility index (Phi) is 7.56. The van der Waals surface area contributed by atoms with Gasteiger partial charge in [-0.1, -0.05) is 6.07 Å². The van der Waals surface area contributed by atoms with Crippen molar-refractivity contribution in [2.24, 2.45) is 5.92 Å². The molecule has 7 nitrogen and oxygen atoms in total. The second kappa shape index (κ2) is 10.2. The number of carbonyl (C=O) groups is 1. The van der Waals surface area contributed by atoms with Crippen molar-refractivity contribution in [1.82, 2.24) is 0 Å². The standard InChI is InChI=1S/C25H31FN2O5/c1-17-22(32-20-9-5-8-19(26)15-20)12-11-21(28(30)31)24(17)27-14-6-7-18(16-27)10-13-23(29)33-25(2,3)4/h5,8-9,11-12,15,18H,6-7,10,13-14,16H2,1-4H3/t18-/m0/s1. The van der Waals surface area contributed by atoms with Crippen LogP contribution in [0.1, 0.15) is 52.0 Å². The molecule has 33 heavy (non-hydrogen) atoms. The van der Waals surface area contributed by atoms with Gasteiger partial charge in [-0.05, 0) is 71.1 Å². The predicted octanol–water partition coefficient (Wildman–Crippen LogP) is 6.17. The first kappa shape index (κ1) is 24.5. The molecule has 2 aromatic rings. The van der Waals surface area contributed by atoms with Crippen LogP contribution in [0.15, 0.2) is 36.4 Å². The summed E-state index contributed by atoms with van der Waals surface area (Å²) in [6, 6.07) is 8.76. The number of nitro groups is 1. The molecule has 0 aromatic heterocycles. The van der Waals surface area contributed by atoms with Crippen molar-refractivity contribution in [2.45, 2.75) is 59.0 Å².